The van der Waals surface area contributed by atoms with Crippen LogP contribution in [0, 0.1) is 6.92 Å². The molecule has 0 aliphatic rings. The highest BCUT2D eigenvalue weighted by Crippen LogP contribution is 2.15. The molecule has 0 amide bonds. The van der Waals surface area contributed by atoms with Gasteiger partial charge in [-0.1, -0.05) is 0 Å². The molecule has 0 radical (unpaired) electrons. The highest BCUT2D eigenvalue weighted by molar-refractivity contribution is 4.96. The maximum absolute atomic E-state index is 11.5. The van der Waals surface area contributed by atoms with Crippen LogP contribution >= 0.6 is 0 Å². The largest absolute Gasteiger partial charge is 0.522 e. The van der Waals surface area contributed by atoms with Gasteiger partial charge in [-0.3, -0.25) is 9.42 Å². The first-order valence-electron chi connectivity index (χ1n) is 3.68. The van der Waals surface area contributed by atoms with Crippen molar-refractivity contribution < 1.29 is 17.9 Å². The molecule has 0 spiro atoms. The molecular formula is C7H9F3N2O. The third kappa shape index (κ3) is 3.45. The van der Waals surface area contributed by atoms with Crippen molar-refractivity contribution in [2.24, 2.45) is 0 Å². The Hall–Kier alpha value is -1.04. The number of aryl methyl sites for hydroxylation is 1. The van der Waals surface area contributed by atoms with Crippen molar-refractivity contribution in [3.63, 3.8) is 0 Å². The van der Waals surface area contributed by atoms with E-state index in [0.717, 1.165) is 5.69 Å². The Morgan fingerprint density at radius 1 is 1.54 bits per heavy atom. The Labute approximate surface area is 73.1 Å². The summed E-state index contributed by atoms with van der Waals surface area (Å²) in [4.78, 5) is 0. The van der Waals surface area contributed by atoms with E-state index in [1.165, 1.54) is 10.9 Å². The molecule has 13 heavy (non-hydrogen) atoms. The molecule has 0 saturated carbocycles. The van der Waals surface area contributed by atoms with Gasteiger partial charge in [0.15, 0.2) is 0 Å². The predicted molar refractivity (Wildman–Crippen MR) is 39.0 cm³/mol. The van der Waals surface area contributed by atoms with Crippen molar-refractivity contribution in [2.45, 2.75) is 19.8 Å². The lowest BCUT2D eigenvalue weighted by Crippen LogP contribution is -2.18. The molecule has 0 unspecified atom stereocenters. The first-order valence-corrected chi connectivity index (χ1v) is 3.68. The fourth-order valence-electron chi connectivity index (χ4n) is 0.881. The molecule has 0 N–H and O–H groups in total. The fraction of sp³-hybridized carbons (Fsp3) is 0.571. The van der Waals surface area contributed by atoms with E-state index in [2.05, 4.69) is 9.84 Å². The summed E-state index contributed by atoms with van der Waals surface area (Å²) >= 11 is 0. The summed E-state index contributed by atoms with van der Waals surface area (Å²) in [5.41, 5.74) is 0.811. The number of hydrogen-bond acceptors (Lipinski definition) is 2. The van der Waals surface area contributed by atoms with E-state index in [0.29, 0.717) is 0 Å². The molecule has 6 heteroatoms. The number of hydrogen-bond donors (Lipinski definition) is 0. The normalized spacial score (nSPS) is 12.0. The second-order valence-electron chi connectivity index (χ2n) is 2.49. The van der Waals surface area contributed by atoms with Gasteiger partial charge in [-0.25, -0.2) is 0 Å². The highest BCUT2D eigenvalue weighted by Gasteiger charge is 2.28. The van der Waals surface area contributed by atoms with Gasteiger partial charge < -0.3 is 0 Å². The SMILES string of the molecule is Cc1ccnn1CCOC(F)(F)F. The first kappa shape index (κ1) is 10.0. The number of aromatic nitrogens is 2. The van der Waals surface area contributed by atoms with Crippen LogP contribution in [0.2, 0.25) is 0 Å². The van der Waals surface area contributed by atoms with E-state index in [9.17, 15) is 13.2 Å². The van der Waals surface area contributed by atoms with Crippen LogP contribution in [0.3, 0.4) is 0 Å². The Morgan fingerprint density at radius 3 is 2.69 bits per heavy atom. The van der Waals surface area contributed by atoms with Crippen molar-refractivity contribution in [3.8, 4) is 0 Å². The second-order valence-corrected chi connectivity index (χ2v) is 2.49. The van der Waals surface area contributed by atoms with Crippen molar-refractivity contribution in [1.29, 1.82) is 0 Å². The summed E-state index contributed by atoms with van der Waals surface area (Å²) in [6.07, 6.45) is -3.02. The van der Waals surface area contributed by atoms with Crippen LogP contribution in [0.5, 0.6) is 0 Å². The van der Waals surface area contributed by atoms with Gasteiger partial charge in [0.25, 0.3) is 0 Å². The van der Waals surface area contributed by atoms with Gasteiger partial charge in [0.2, 0.25) is 0 Å². The zero-order valence-electron chi connectivity index (χ0n) is 7.01. The first-order chi connectivity index (χ1) is 5.99. The molecule has 0 fully saturated rings. The van der Waals surface area contributed by atoms with Gasteiger partial charge in [0.05, 0.1) is 13.2 Å². The van der Waals surface area contributed by atoms with Gasteiger partial charge in [0, 0.05) is 11.9 Å². The fourth-order valence-corrected chi connectivity index (χ4v) is 0.881. The second kappa shape index (κ2) is 3.78. The quantitative estimate of drug-likeness (QED) is 0.732. The molecule has 0 aliphatic carbocycles. The summed E-state index contributed by atoms with van der Waals surface area (Å²) in [7, 11) is 0. The van der Waals surface area contributed by atoms with E-state index < -0.39 is 13.0 Å². The molecule has 0 atom stereocenters. The molecule has 0 saturated heterocycles. The van der Waals surface area contributed by atoms with Crippen molar-refractivity contribution in [1.82, 2.24) is 9.78 Å². The van der Waals surface area contributed by atoms with E-state index in [1.54, 1.807) is 13.0 Å². The Balaban J connectivity index is 2.32. The molecule has 1 heterocycles. The zero-order valence-corrected chi connectivity index (χ0v) is 7.01. The molecule has 3 nitrogen and oxygen atoms in total. The van der Waals surface area contributed by atoms with Gasteiger partial charge >= 0.3 is 6.36 Å². The molecule has 0 aliphatic heterocycles. The van der Waals surface area contributed by atoms with Crippen LogP contribution in [0.25, 0.3) is 0 Å². The minimum absolute atomic E-state index is 0.109. The summed E-state index contributed by atoms with van der Waals surface area (Å²) in [5.74, 6) is 0. The number of alkyl halides is 3. The minimum atomic E-state index is -4.55. The van der Waals surface area contributed by atoms with Crippen LogP contribution in [0.1, 0.15) is 5.69 Å². The van der Waals surface area contributed by atoms with Crippen LogP contribution in [-0.4, -0.2) is 22.7 Å². The van der Waals surface area contributed by atoms with Gasteiger partial charge in [-0.15, -0.1) is 13.2 Å². The van der Waals surface area contributed by atoms with E-state index in [-0.39, 0.29) is 6.54 Å². The molecular weight excluding hydrogens is 185 g/mol. The summed E-state index contributed by atoms with van der Waals surface area (Å²) in [6.45, 7) is 1.46. The topological polar surface area (TPSA) is 27.1 Å². The highest BCUT2D eigenvalue weighted by atomic mass is 19.4. The van der Waals surface area contributed by atoms with Crippen molar-refractivity contribution in [3.05, 3.63) is 18.0 Å². The number of ether oxygens (including phenoxy) is 1. The maximum atomic E-state index is 11.5. The van der Waals surface area contributed by atoms with Crippen LogP contribution in [-0.2, 0) is 11.3 Å². The van der Waals surface area contributed by atoms with Crippen LogP contribution in [0.4, 0.5) is 13.2 Å². The molecule has 1 rings (SSSR count). The van der Waals surface area contributed by atoms with Gasteiger partial charge in [0.1, 0.15) is 0 Å². The van der Waals surface area contributed by atoms with E-state index in [1.807, 2.05) is 0 Å². The standard InChI is InChI=1S/C7H9F3N2O/c1-6-2-3-11-12(6)4-5-13-7(8,9)10/h2-3H,4-5H2,1H3. The smallest absolute Gasteiger partial charge is 0.290 e. The average Bonchev–Trinajstić information content (AvgIpc) is 2.34. The number of nitrogens with zero attached hydrogens (tertiary/aromatic N) is 2. The van der Waals surface area contributed by atoms with Crippen molar-refractivity contribution in [2.75, 3.05) is 6.61 Å². The number of rotatable bonds is 3. The Kier molecular flexibility index (Phi) is 2.92. The average molecular weight is 194 g/mol. The lowest BCUT2D eigenvalue weighted by atomic mass is 10.5. The molecule has 1 aromatic rings. The summed E-state index contributed by atoms with van der Waals surface area (Å²) in [5, 5.41) is 3.80. The van der Waals surface area contributed by atoms with E-state index >= 15 is 0 Å². The van der Waals surface area contributed by atoms with Crippen LogP contribution < -0.4 is 0 Å². The minimum Gasteiger partial charge on any atom is -0.290 e. The molecule has 0 bridgehead atoms. The summed E-state index contributed by atoms with van der Waals surface area (Å²) in [6, 6.07) is 1.72. The maximum Gasteiger partial charge on any atom is 0.522 e. The Morgan fingerprint density at radius 2 is 2.23 bits per heavy atom. The third-order valence-corrected chi connectivity index (χ3v) is 1.50. The Bertz CT molecular complexity index is 269. The zero-order chi connectivity index (χ0) is 9.90. The molecule has 74 valence electrons. The van der Waals surface area contributed by atoms with Crippen molar-refractivity contribution >= 4 is 0 Å². The van der Waals surface area contributed by atoms with E-state index in [4.69, 9.17) is 0 Å². The van der Waals surface area contributed by atoms with Crippen LogP contribution in [0.15, 0.2) is 12.3 Å². The summed E-state index contributed by atoms with van der Waals surface area (Å²) < 4.78 is 39.6. The lowest BCUT2D eigenvalue weighted by Gasteiger charge is -2.07. The van der Waals surface area contributed by atoms with Gasteiger partial charge in [-0.05, 0) is 13.0 Å². The monoisotopic (exact) mass is 194 g/mol. The van der Waals surface area contributed by atoms with Gasteiger partial charge in [-0.2, -0.15) is 5.10 Å². The molecule has 0 aromatic carbocycles. The number of halogens is 3. The third-order valence-electron chi connectivity index (χ3n) is 1.50. The predicted octanol–water partition coefficient (Wildman–Crippen LogP) is 1.73. The lowest BCUT2D eigenvalue weighted by molar-refractivity contribution is -0.325. The molecule has 1 aromatic heterocycles.